The molecule has 49 heavy (non-hydrogen) atoms. The number of benzene rings is 3. The number of hydrogen-bond acceptors (Lipinski definition) is 10. The normalized spacial score (nSPS) is 15.6. The van der Waals surface area contributed by atoms with E-state index in [-0.39, 0.29) is 42.1 Å². The van der Waals surface area contributed by atoms with Crippen molar-refractivity contribution >= 4 is 58.9 Å². The van der Waals surface area contributed by atoms with Crippen LogP contribution >= 0.6 is 23.5 Å². The minimum absolute atomic E-state index is 0.0934. The van der Waals surface area contributed by atoms with E-state index >= 15 is 0 Å². The number of rotatable bonds is 7. The van der Waals surface area contributed by atoms with Crippen LogP contribution in [-0.2, 0) is 36.8 Å². The third-order valence-corrected chi connectivity index (χ3v) is 10.7. The number of methoxy groups -OCH3 is 2. The first-order valence-electron chi connectivity index (χ1n) is 15.7. The number of esters is 2. The molecule has 3 aromatic rings. The molecule has 0 radical (unpaired) electrons. The van der Waals surface area contributed by atoms with Crippen molar-refractivity contribution in [2.75, 3.05) is 32.2 Å². The minimum Gasteiger partial charge on any atom is -0.465 e. The summed E-state index contributed by atoms with van der Waals surface area (Å²) in [7, 11) is 2.69. The summed E-state index contributed by atoms with van der Waals surface area (Å²) in [5.41, 5.74) is 5.08. The molecule has 1 N–H and O–H groups in total. The first-order chi connectivity index (χ1) is 23.1. The Kier molecular flexibility index (Phi) is 11.9. The average molecular weight is 707 g/mol. The molecule has 12 heteroatoms. The van der Waals surface area contributed by atoms with Gasteiger partial charge in [-0.2, -0.15) is 0 Å². The lowest BCUT2D eigenvalue weighted by molar-refractivity contribution is -0.121. The fourth-order valence-electron chi connectivity index (χ4n) is 5.32. The van der Waals surface area contributed by atoms with Gasteiger partial charge in [0, 0.05) is 29.3 Å². The topological polar surface area (TPSA) is 128 Å². The Morgan fingerprint density at radius 3 is 2.00 bits per heavy atom. The van der Waals surface area contributed by atoms with Crippen LogP contribution in [0.15, 0.2) is 64.4 Å². The van der Waals surface area contributed by atoms with Crippen molar-refractivity contribution in [2.24, 2.45) is 0 Å². The summed E-state index contributed by atoms with van der Waals surface area (Å²) in [6.45, 7) is 12.0. The summed E-state index contributed by atoms with van der Waals surface area (Å²) in [6.07, 6.45) is -0.166. The second-order valence-corrected chi connectivity index (χ2v) is 16.0. The maximum absolute atomic E-state index is 13.1. The van der Waals surface area contributed by atoms with Crippen LogP contribution in [0.1, 0.15) is 70.7 Å². The number of nitrogens with zero attached hydrogens (tertiary/aromatic N) is 1. The number of carbonyl (C=O) groups is 5. The molecule has 0 fully saturated rings. The number of ketones is 1. The Balaban J connectivity index is 0.000000254. The standard InChI is InChI=1S/C23H26N2O5S.C14H16O3S/c1-15-12-19-18(13-17(15)20(26)29-4)25(21(27)23(2,3)31-19)11-10-24-22(28)30-14-16-8-6-5-7-9-16;1-8-5-11-9(6-10(8)13(16)17-4)7-12(15)14(2,3)18-11/h5-9,12-13H,10-11,14H2,1-4H3,(H,24,28);5-6H,7H2,1-4H3. The van der Waals surface area contributed by atoms with Gasteiger partial charge < -0.3 is 24.4 Å². The van der Waals surface area contributed by atoms with Crippen LogP contribution in [0.4, 0.5) is 10.5 Å². The van der Waals surface area contributed by atoms with Gasteiger partial charge in [-0.15, -0.1) is 23.5 Å². The number of thioether (sulfide) groups is 2. The first kappa shape index (κ1) is 37.5. The van der Waals surface area contributed by atoms with Crippen LogP contribution in [0.25, 0.3) is 0 Å². The smallest absolute Gasteiger partial charge is 0.407 e. The molecular formula is C37H42N2O8S2. The van der Waals surface area contributed by atoms with Gasteiger partial charge in [0.15, 0.2) is 5.78 Å². The molecule has 260 valence electrons. The number of hydrogen-bond donors (Lipinski definition) is 1. The van der Waals surface area contributed by atoms with Crippen LogP contribution in [-0.4, -0.2) is 66.5 Å². The van der Waals surface area contributed by atoms with Crippen LogP contribution < -0.4 is 10.2 Å². The molecule has 0 unspecified atom stereocenters. The van der Waals surface area contributed by atoms with E-state index in [0.29, 0.717) is 23.2 Å². The molecule has 2 aliphatic rings. The number of alkyl carbamates (subject to hydrolysis) is 1. The van der Waals surface area contributed by atoms with Crippen molar-refractivity contribution in [1.82, 2.24) is 5.32 Å². The zero-order chi connectivity index (χ0) is 36.1. The van der Waals surface area contributed by atoms with Crippen molar-refractivity contribution in [2.45, 2.75) is 73.9 Å². The number of ether oxygens (including phenoxy) is 3. The van der Waals surface area contributed by atoms with Crippen molar-refractivity contribution in [3.8, 4) is 0 Å². The van der Waals surface area contributed by atoms with E-state index in [4.69, 9.17) is 14.2 Å². The number of anilines is 1. The number of fused-ring (bicyclic) bond motifs is 2. The third-order valence-electron chi connectivity index (χ3n) is 8.15. The van der Waals surface area contributed by atoms with E-state index in [0.717, 1.165) is 32.0 Å². The number of nitrogens with one attached hydrogen (secondary N) is 1. The van der Waals surface area contributed by atoms with Gasteiger partial charge in [-0.1, -0.05) is 30.3 Å². The summed E-state index contributed by atoms with van der Waals surface area (Å²) in [6, 6.07) is 16.7. The summed E-state index contributed by atoms with van der Waals surface area (Å²) >= 11 is 3.02. The van der Waals surface area contributed by atoms with Gasteiger partial charge in [0.25, 0.3) is 0 Å². The van der Waals surface area contributed by atoms with Gasteiger partial charge in [-0.25, -0.2) is 14.4 Å². The van der Waals surface area contributed by atoms with Gasteiger partial charge >= 0.3 is 18.0 Å². The zero-order valence-electron chi connectivity index (χ0n) is 29.1. The highest BCUT2D eigenvalue weighted by atomic mass is 32.2. The molecule has 2 heterocycles. The van der Waals surface area contributed by atoms with Crippen molar-refractivity contribution < 1.29 is 38.2 Å². The maximum atomic E-state index is 13.1. The lowest BCUT2D eigenvalue weighted by Crippen LogP contribution is -2.49. The first-order valence-corrected chi connectivity index (χ1v) is 17.3. The van der Waals surface area contributed by atoms with Gasteiger partial charge in [0.1, 0.15) is 6.61 Å². The molecule has 2 amide bonds. The molecule has 0 spiro atoms. The zero-order valence-corrected chi connectivity index (χ0v) is 30.7. The quantitative estimate of drug-likeness (QED) is 0.209. The van der Waals surface area contributed by atoms with Gasteiger partial charge in [0.05, 0.1) is 40.5 Å². The predicted octanol–water partition coefficient (Wildman–Crippen LogP) is 6.70. The lowest BCUT2D eigenvalue weighted by atomic mass is 9.96. The third kappa shape index (κ3) is 8.85. The fourth-order valence-corrected chi connectivity index (χ4v) is 7.81. The molecule has 0 saturated heterocycles. The van der Waals surface area contributed by atoms with E-state index < -0.39 is 16.8 Å². The Morgan fingerprint density at radius 1 is 0.816 bits per heavy atom. The molecule has 0 aromatic heterocycles. The van der Waals surface area contributed by atoms with Gasteiger partial charge in [-0.05, 0) is 88.1 Å². The van der Waals surface area contributed by atoms with E-state index in [1.54, 1.807) is 28.8 Å². The number of aryl methyl sites for hydroxylation is 2. The molecule has 3 aromatic carbocycles. The van der Waals surface area contributed by atoms with E-state index in [9.17, 15) is 24.0 Å². The Morgan fingerprint density at radius 2 is 1.39 bits per heavy atom. The van der Waals surface area contributed by atoms with Crippen LogP contribution in [0.2, 0.25) is 0 Å². The van der Waals surface area contributed by atoms with Gasteiger partial charge in [-0.3, -0.25) is 9.59 Å². The summed E-state index contributed by atoms with van der Waals surface area (Å²) in [5, 5.41) is 2.69. The van der Waals surface area contributed by atoms with Crippen LogP contribution in [0.3, 0.4) is 0 Å². The highest BCUT2D eigenvalue weighted by Gasteiger charge is 2.40. The molecule has 10 nitrogen and oxygen atoms in total. The highest BCUT2D eigenvalue weighted by Crippen LogP contribution is 2.46. The SMILES string of the molecule is COC(=O)c1cc2c(cc1C)SC(C)(C)C(=O)C2.COC(=O)c1cc2c(cc1C)SC(C)(C)C(=O)N2CCNC(=O)OCc1ccccc1. The Labute approximate surface area is 295 Å². The molecule has 0 saturated carbocycles. The molecule has 0 aliphatic carbocycles. The number of carbonyl (C=O) groups excluding carboxylic acids is 5. The lowest BCUT2D eigenvalue weighted by Gasteiger charge is -2.38. The van der Waals surface area contributed by atoms with E-state index in [2.05, 4.69) is 5.32 Å². The van der Waals surface area contributed by atoms with Crippen LogP contribution in [0.5, 0.6) is 0 Å². The molecule has 0 bridgehead atoms. The van der Waals surface area contributed by atoms with Crippen molar-refractivity contribution in [1.29, 1.82) is 0 Å². The van der Waals surface area contributed by atoms with E-state index in [1.807, 2.05) is 84.0 Å². The second-order valence-electron chi connectivity index (χ2n) is 12.7. The summed E-state index contributed by atoms with van der Waals surface area (Å²) in [4.78, 5) is 64.4. The maximum Gasteiger partial charge on any atom is 0.407 e. The number of amides is 2. The second kappa shape index (κ2) is 15.5. The molecule has 0 atom stereocenters. The highest BCUT2D eigenvalue weighted by molar-refractivity contribution is 8.01. The largest absolute Gasteiger partial charge is 0.465 e. The molecule has 2 aliphatic heterocycles. The van der Waals surface area contributed by atoms with Gasteiger partial charge in [0.2, 0.25) is 5.91 Å². The van der Waals surface area contributed by atoms with Crippen molar-refractivity contribution in [3.05, 3.63) is 88.0 Å². The molecular weight excluding hydrogens is 665 g/mol. The minimum atomic E-state index is -0.667. The van der Waals surface area contributed by atoms with Crippen molar-refractivity contribution in [3.63, 3.8) is 0 Å². The Hall–Kier alpha value is -4.29. The molecule has 5 rings (SSSR count). The Bertz CT molecular complexity index is 1770. The monoisotopic (exact) mass is 706 g/mol. The van der Waals surface area contributed by atoms with E-state index in [1.165, 1.54) is 26.0 Å². The number of Topliss-reactive ketones (excluding diaryl/α,β-unsaturated/α-hetero) is 1. The summed E-state index contributed by atoms with van der Waals surface area (Å²) < 4.78 is 13.8. The van der Waals surface area contributed by atoms with Crippen LogP contribution in [0, 0.1) is 13.8 Å². The fraction of sp³-hybridized carbons (Fsp3) is 0.378. The summed E-state index contributed by atoms with van der Waals surface area (Å²) in [5.74, 6) is -0.702. The average Bonchev–Trinajstić information content (AvgIpc) is 3.05. The predicted molar refractivity (Wildman–Crippen MR) is 191 cm³/mol.